The fraction of sp³-hybridized carbons (Fsp3) is 0.424. The standard InChI is InChI=1S/C33H33FN6O4/c1-2-20-4-3-5-21-14-23(41)15-24(25(20)21)28-27(34)29-26-30(40-9-8-35-16-22(40)17-43-31(26)36-28)38-32(37-29)44-19-33(6-7-33)18-39-10-12-42-13-11-39/h1,3-5,14-15,22,35,41H,6-13,16-19H2. The lowest BCUT2D eigenvalue weighted by Gasteiger charge is -2.35. The quantitative estimate of drug-likeness (QED) is 0.322. The number of nitrogens with one attached hydrogen (secondary N) is 1. The van der Waals surface area contributed by atoms with E-state index in [1.54, 1.807) is 18.2 Å². The third-order valence-electron chi connectivity index (χ3n) is 9.25. The highest BCUT2D eigenvalue weighted by Gasteiger charge is 2.45. The van der Waals surface area contributed by atoms with Gasteiger partial charge < -0.3 is 29.5 Å². The van der Waals surface area contributed by atoms with Gasteiger partial charge in [0.1, 0.15) is 34.8 Å². The largest absolute Gasteiger partial charge is 0.508 e. The summed E-state index contributed by atoms with van der Waals surface area (Å²) in [6.45, 7) is 7.16. The van der Waals surface area contributed by atoms with Gasteiger partial charge in [0.25, 0.3) is 0 Å². The van der Waals surface area contributed by atoms with E-state index in [9.17, 15) is 5.11 Å². The summed E-state index contributed by atoms with van der Waals surface area (Å²) in [6, 6.07) is 8.61. The molecule has 0 radical (unpaired) electrons. The molecule has 10 nitrogen and oxygen atoms in total. The average Bonchev–Trinajstić information content (AvgIpc) is 3.84. The van der Waals surface area contributed by atoms with Crippen LogP contribution in [0.25, 0.3) is 32.9 Å². The number of nitrogens with zero attached hydrogens (tertiary/aromatic N) is 5. The molecule has 2 aromatic heterocycles. The van der Waals surface area contributed by atoms with Crippen molar-refractivity contribution >= 4 is 27.5 Å². The minimum Gasteiger partial charge on any atom is -0.508 e. The van der Waals surface area contributed by atoms with Gasteiger partial charge >= 0.3 is 6.01 Å². The number of aromatic hydroxyl groups is 1. The molecule has 5 heterocycles. The number of ether oxygens (including phenoxy) is 3. The highest BCUT2D eigenvalue weighted by Crippen LogP contribution is 2.47. The summed E-state index contributed by atoms with van der Waals surface area (Å²) >= 11 is 0. The first-order valence-electron chi connectivity index (χ1n) is 15.2. The molecular weight excluding hydrogens is 563 g/mol. The number of benzene rings is 2. The van der Waals surface area contributed by atoms with Gasteiger partial charge in [-0.05, 0) is 36.4 Å². The summed E-state index contributed by atoms with van der Waals surface area (Å²) < 4.78 is 35.0. The Labute approximate surface area is 254 Å². The monoisotopic (exact) mass is 596 g/mol. The van der Waals surface area contributed by atoms with Crippen molar-refractivity contribution in [3.63, 3.8) is 0 Å². The molecule has 1 unspecified atom stereocenters. The minimum absolute atomic E-state index is 0.00400. The van der Waals surface area contributed by atoms with Gasteiger partial charge in [-0.2, -0.15) is 9.97 Å². The zero-order valence-corrected chi connectivity index (χ0v) is 24.3. The molecule has 2 N–H and O–H groups in total. The number of terminal acetylenes is 1. The van der Waals surface area contributed by atoms with Crippen molar-refractivity contribution in [3.05, 3.63) is 41.7 Å². The Morgan fingerprint density at radius 3 is 2.82 bits per heavy atom. The molecule has 11 heteroatoms. The van der Waals surface area contributed by atoms with Crippen molar-refractivity contribution in [1.82, 2.24) is 25.2 Å². The molecule has 44 heavy (non-hydrogen) atoms. The Hall–Kier alpha value is -4.24. The number of hydrogen-bond donors (Lipinski definition) is 2. The first-order valence-corrected chi connectivity index (χ1v) is 15.2. The lowest BCUT2D eigenvalue weighted by Crippen LogP contribution is -2.53. The molecule has 1 atom stereocenters. The summed E-state index contributed by atoms with van der Waals surface area (Å²) in [5, 5.41) is 15.7. The second-order valence-electron chi connectivity index (χ2n) is 12.2. The highest BCUT2D eigenvalue weighted by atomic mass is 19.1. The molecule has 0 bridgehead atoms. The number of phenolic OH excluding ortho intramolecular Hbond substituents is 1. The van der Waals surface area contributed by atoms with E-state index in [-0.39, 0.29) is 40.3 Å². The summed E-state index contributed by atoms with van der Waals surface area (Å²) in [6.07, 6.45) is 7.97. The van der Waals surface area contributed by atoms with E-state index in [1.807, 2.05) is 6.07 Å². The Balaban J connectivity index is 1.26. The van der Waals surface area contributed by atoms with Gasteiger partial charge in [-0.25, -0.2) is 9.37 Å². The van der Waals surface area contributed by atoms with Gasteiger partial charge in [-0.1, -0.05) is 18.1 Å². The number of fused-ring (bicyclic) bond motifs is 3. The van der Waals surface area contributed by atoms with E-state index in [0.29, 0.717) is 59.4 Å². The predicted octanol–water partition coefficient (Wildman–Crippen LogP) is 3.33. The van der Waals surface area contributed by atoms with E-state index in [2.05, 4.69) is 26.0 Å². The molecule has 1 aliphatic carbocycles. The first kappa shape index (κ1) is 27.3. The summed E-state index contributed by atoms with van der Waals surface area (Å²) in [5.41, 5.74) is 1.02. The van der Waals surface area contributed by atoms with Gasteiger partial charge in [0.05, 0.1) is 25.9 Å². The first-order chi connectivity index (χ1) is 21.5. The summed E-state index contributed by atoms with van der Waals surface area (Å²) in [4.78, 5) is 18.8. The maximum Gasteiger partial charge on any atom is 0.319 e. The van der Waals surface area contributed by atoms with E-state index < -0.39 is 5.82 Å². The number of phenols is 1. The SMILES string of the molecule is C#Cc1cccc2cc(O)cc(-c3nc4c5c(nc(OCC6(CN7CCOCC7)CC6)nc5c3F)N3CCNCC3CO4)c12. The van der Waals surface area contributed by atoms with Gasteiger partial charge in [0.2, 0.25) is 5.88 Å². The Morgan fingerprint density at radius 2 is 2.00 bits per heavy atom. The smallest absolute Gasteiger partial charge is 0.319 e. The number of morpholine rings is 1. The molecule has 8 rings (SSSR count). The molecule has 226 valence electrons. The summed E-state index contributed by atoms with van der Waals surface area (Å²) in [5.74, 6) is 2.82. The van der Waals surface area contributed by atoms with Crippen LogP contribution in [-0.4, -0.2) is 96.7 Å². The van der Waals surface area contributed by atoms with Crippen LogP contribution in [0.15, 0.2) is 30.3 Å². The maximum absolute atomic E-state index is 16.9. The molecule has 1 saturated carbocycles. The molecule has 4 aromatic rings. The second-order valence-corrected chi connectivity index (χ2v) is 12.2. The van der Waals surface area contributed by atoms with Crippen LogP contribution in [0.2, 0.25) is 0 Å². The zero-order chi connectivity index (χ0) is 29.8. The molecule has 2 saturated heterocycles. The number of pyridine rings is 1. The van der Waals surface area contributed by atoms with Crippen molar-refractivity contribution in [2.24, 2.45) is 5.41 Å². The Morgan fingerprint density at radius 1 is 1.14 bits per heavy atom. The summed E-state index contributed by atoms with van der Waals surface area (Å²) in [7, 11) is 0. The van der Waals surface area contributed by atoms with Crippen molar-refractivity contribution in [2.75, 3.05) is 70.6 Å². The second kappa shape index (κ2) is 10.7. The molecule has 0 amide bonds. The third-order valence-corrected chi connectivity index (χ3v) is 9.25. The van der Waals surface area contributed by atoms with E-state index in [4.69, 9.17) is 30.6 Å². The topological polar surface area (TPSA) is 105 Å². The van der Waals surface area contributed by atoms with Crippen molar-refractivity contribution in [3.8, 4) is 41.2 Å². The van der Waals surface area contributed by atoms with Gasteiger partial charge in [-0.3, -0.25) is 4.90 Å². The van der Waals surface area contributed by atoms with Crippen molar-refractivity contribution in [1.29, 1.82) is 0 Å². The number of rotatable bonds is 6. The van der Waals surface area contributed by atoms with Crippen LogP contribution in [0, 0.1) is 23.6 Å². The fourth-order valence-electron chi connectivity index (χ4n) is 6.72. The van der Waals surface area contributed by atoms with Crippen LogP contribution in [0.1, 0.15) is 18.4 Å². The highest BCUT2D eigenvalue weighted by molar-refractivity contribution is 6.04. The van der Waals surface area contributed by atoms with E-state index >= 15 is 4.39 Å². The third kappa shape index (κ3) is 4.74. The normalized spacial score (nSPS) is 20.9. The van der Waals surface area contributed by atoms with Crippen LogP contribution >= 0.6 is 0 Å². The fourth-order valence-corrected chi connectivity index (χ4v) is 6.72. The average molecular weight is 597 g/mol. The predicted molar refractivity (Wildman–Crippen MR) is 164 cm³/mol. The van der Waals surface area contributed by atoms with Gasteiger partial charge in [0.15, 0.2) is 5.82 Å². The zero-order valence-electron chi connectivity index (χ0n) is 24.3. The number of hydrogen-bond acceptors (Lipinski definition) is 10. The number of halogens is 1. The van der Waals surface area contributed by atoms with Crippen molar-refractivity contribution in [2.45, 2.75) is 18.9 Å². The molecular formula is C33H33FN6O4. The molecule has 0 spiro atoms. The lowest BCUT2D eigenvalue weighted by atomic mass is 9.96. The van der Waals surface area contributed by atoms with Crippen LogP contribution in [-0.2, 0) is 4.74 Å². The number of anilines is 1. The Bertz CT molecular complexity index is 1820. The van der Waals surface area contributed by atoms with Crippen LogP contribution < -0.4 is 19.7 Å². The van der Waals surface area contributed by atoms with Gasteiger partial charge in [-0.15, -0.1) is 6.42 Å². The number of piperazine rings is 1. The lowest BCUT2D eigenvalue weighted by molar-refractivity contribution is 0.0231. The van der Waals surface area contributed by atoms with Crippen LogP contribution in [0.4, 0.5) is 10.2 Å². The van der Waals surface area contributed by atoms with Crippen molar-refractivity contribution < 1.29 is 23.7 Å². The molecule has 3 aliphatic heterocycles. The molecule has 2 aromatic carbocycles. The maximum atomic E-state index is 16.9. The minimum atomic E-state index is -0.650. The van der Waals surface area contributed by atoms with E-state index in [1.165, 1.54) is 6.07 Å². The number of aromatic nitrogens is 3. The molecule has 3 fully saturated rings. The van der Waals surface area contributed by atoms with Crippen LogP contribution in [0.3, 0.4) is 0 Å². The Kier molecular flexibility index (Phi) is 6.66. The van der Waals surface area contributed by atoms with Gasteiger partial charge in [0, 0.05) is 61.2 Å². The van der Waals surface area contributed by atoms with E-state index in [0.717, 1.165) is 52.2 Å². The molecule has 4 aliphatic rings. The van der Waals surface area contributed by atoms with Crippen LogP contribution in [0.5, 0.6) is 17.6 Å².